The SMILES string of the molecule is COc1ccc(CN(C(=O)c2ccc(SC(F)F)cc2)C2CC2)cc1. The quantitative estimate of drug-likeness (QED) is 0.661. The molecule has 6 heteroatoms. The van der Waals surface area contributed by atoms with Crippen molar-refractivity contribution in [1.29, 1.82) is 0 Å². The lowest BCUT2D eigenvalue weighted by Gasteiger charge is -2.23. The molecule has 3 nitrogen and oxygen atoms in total. The van der Waals surface area contributed by atoms with Gasteiger partial charge in [0.05, 0.1) is 7.11 Å². The van der Waals surface area contributed by atoms with Crippen LogP contribution in [0.5, 0.6) is 5.75 Å². The predicted molar refractivity (Wildman–Crippen MR) is 94.2 cm³/mol. The summed E-state index contributed by atoms with van der Waals surface area (Å²) < 4.78 is 29.9. The molecule has 0 unspecified atom stereocenters. The van der Waals surface area contributed by atoms with Crippen LogP contribution in [-0.2, 0) is 6.54 Å². The van der Waals surface area contributed by atoms with Crippen LogP contribution in [0.1, 0.15) is 28.8 Å². The highest BCUT2D eigenvalue weighted by molar-refractivity contribution is 7.99. The van der Waals surface area contributed by atoms with E-state index in [2.05, 4.69) is 0 Å². The largest absolute Gasteiger partial charge is 0.497 e. The molecule has 2 aromatic rings. The Balaban J connectivity index is 1.72. The third kappa shape index (κ3) is 4.72. The number of methoxy groups -OCH3 is 1. The number of alkyl halides is 2. The highest BCUT2D eigenvalue weighted by Gasteiger charge is 2.33. The highest BCUT2D eigenvalue weighted by atomic mass is 32.2. The van der Waals surface area contributed by atoms with E-state index in [0.29, 0.717) is 28.8 Å². The van der Waals surface area contributed by atoms with Crippen LogP contribution < -0.4 is 4.74 Å². The minimum atomic E-state index is -2.46. The van der Waals surface area contributed by atoms with Gasteiger partial charge in [0.2, 0.25) is 0 Å². The van der Waals surface area contributed by atoms with Crippen molar-refractivity contribution in [3.05, 3.63) is 59.7 Å². The first kappa shape index (κ1) is 17.7. The maximum absolute atomic E-state index is 12.8. The van der Waals surface area contributed by atoms with Gasteiger partial charge in [-0.25, -0.2) is 0 Å². The molecular formula is C19H19F2NO2S. The van der Waals surface area contributed by atoms with Crippen molar-refractivity contribution in [3.63, 3.8) is 0 Å². The molecule has 25 heavy (non-hydrogen) atoms. The Labute approximate surface area is 150 Å². The van der Waals surface area contributed by atoms with Crippen LogP contribution in [0, 0.1) is 0 Å². The fourth-order valence-corrected chi connectivity index (χ4v) is 3.12. The summed E-state index contributed by atoms with van der Waals surface area (Å²) in [5.74, 6) is -1.74. The molecule has 0 radical (unpaired) electrons. The zero-order chi connectivity index (χ0) is 17.8. The molecule has 1 aliphatic rings. The zero-order valence-corrected chi connectivity index (χ0v) is 14.6. The summed E-state index contributed by atoms with van der Waals surface area (Å²) in [7, 11) is 1.62. The second-order valence-corrected chi connectivity index (χ2v) is 6.98. The summed E-state index contributed by atoms with van der Waals surface area (Å²) in [4.78, 5) is 15.1. The van der Waals surface area contributed by atoms with Crippen LogP contribution in [0.4, 0.5) is 8.78 Å². The fraction of sp³-hybridized carbons (Fsp3) is 0.316. The fourth-order valence-electron chi connectivity index (χ4n) is 2.63. The Morgan fingerprint density at radius 1 is 1.16 bits per heavy atom. The number of nitrogens with zero attached hydrogens (tertiary/aromatic N) is 1. The summed E-state index contributed by atoms with van der Waals surface area (Å²) in [6.07, 6.45) is 2.00. The summed E-state index contributed by atoms with van der Waals surface area (Å²) in [5, 5.41) is 0. The Morgan fingerprint density at radius 2 is 1.80 bits per heavy atom. The smallest absolute Gasteiger partial charge is 0.288 e. The molecule has 0 spiro atoms. The number of halogens is 2. The van der Waals surface area contributed by atoms with E-state index in [1.165, 1.54) is 0 Å². The monoisotopic (exact) mass is 363 g/mol. The molecule has 0 bridgehead atoms. The molecule has 3 rings (SSSR count). The maximum Gasteiger partial charge on any atom is 0.288 e. The van der Waals surface area contributed by atoms with E-state index in [9.17, 15) is 13.6 Å². The number of hydrogen-bond donors (Lipinski definition) is 0. The Bertz CT molecular complexity index is 715. The van der Waals surface area contributed by atoms with Gasteiger partial charge in [0.25, 0.3) is 11.7 Å². The molecule has 1 aliphatic carbocycles. The molecule has 1 amide bonds. The molecule has 132 valence electrons. The van der Waals surface area contributed by atoms with E-state index >= 15 is 0 Å². The zero-order valence-electron chi connectivity index (χ0n) is 13.8. The van der Waals surface area contributed by atoms with Gasteiger partial charge in [-0.05, 0) is 54.8 Å². The topological polar surface area (TPSA) is 29.5 Å². The van der Waals surface area contributed by atoms with Gasteiger partial charge in [0, 0.05) is 23.0 Å². The van der Waals surface area contributed by atoms with E-state index < -0.39 is 5.76 Å². The van der Waals surface area contributed by atoms with Crippen molar-refractivity contribution < 1.29 is 18.3 Å². The van der Waals surface area contributed by atoms with Crippen molar-refractivity contribution in [1.82, 2.24) is 4.90 Å². The number of carbonyl (C=O) groups excluding carboxylic acids is 1. The van der Waals surface area contributed by atoms with E-state index in [0.717, 1.165) is 24.2 Å². The summed E-state index contributed by atoms with van der Waals surface area (Å²) in [5.41, 5.74) is 1.56. The Hall–Kier alpha value is -2.08. The van der Waals surface area contributed by atoms with Gasteiger partial charge in [-0.15, -0.1) is 0 Å². The first-order valence-electron chi connectivity index (χ1n) is 8.05. The number of rotatable bonds is 7. The van der Waals surface area contributed by atoms with Gasteiger partial charge >= 0.3 is 0 Å². The molecule has 0 aromatic heterocycles. The van der Waals surface area contributed by atoms with Crippen LogP contribution in [-0.4, -0.2) is 29.7 Å². The van der Waals surface area contributed by atoms with Gasteiger partial charge in [-0.3, -0.25) is 4.79 Å². The van der Waals surface area contributed by atoms with Gasteiger partial charge in [0.15, 0.2) is 0 Å². The van der Waals surface area contributed by atoms with Crippen molar-refractivity contribution in [2.45, 2.75) is 36.1 Å². The lowest BCUT2D eigenvalue weighted by molar-refractivity contribution is 0.0730. The second-order valence-electron chi connectivity index (χ2n) is 5.92. The number of benzene rings is 2. The van der Waals surface area contributed by atoms with Gasteiger partial charge in [-0.1, -0.05) is 23.9 Å². The average molecular weight is 363 g/mol. The summed E-state index contributed by atoms with van der Waals surface area (Å²) in [6, 6.07) is 14.3. The molecule has 1 fully saturated rings. The third-order valence-electron chi connectivity index (χ3n) is 4.09. The van der Waals surface area contributed by atoms with E-state index in [1.54, 1.807) is 31.4 Å². The lowest BCUT2D eigenvalue weighted by Crippen LogP contribution is -2.32. The normalized spacial score (nSPS) is 13.8. The highest BCUT2D eigenvalue weighted by Crippen LogP contribution is 2.31. The van der Waals surface area contributed by atoms with E-state index in [-0.39, 0.29) is 11.9 Å². The number of hydrogen-bond acceptors (Lipinski definition) is 3. The molecule has 0 atom stereocenters. The molecule has 0 aliphatic heterocycles. The standard InChI is InChI=1S/C19H19F2NO2S/c1-24-16-8-2-13(3-9-16)12-22(15-6-7-15)18(23)14-4-10-17(11-5-14)25-19(20)21/h2-5,8-11,15,19H,6-7,12H2,1H3. The molecular weight excluding hydrogens is 344 g/mol. The predicted octanol–water partition coefficient (Wildman–Crippen LogP) is 4.81. The van der Waals surface area contributed by atoms with Crippen molar-refractivity contribution >= 4 is 17.7 Å². The van der Waals surface area contributed by atoms with Crippen molar-refractivity contribution in [3.8, 4) is 5.75 Å². The Morgan fingerprint density at radius 3 is 2.32 bits per heavy atom. The first-order chi connectivity index (χ1) is 12.1. The minimum Gasteiger partial charge on any atom is -0.497 e. The average Bonchev–Trinajstić information content (AvgIpc) is 3.45. The molecule has 0 N–H and O–H groups in total. The molecule has 2 aromatic carbocycles. The number of carbonyl (C=O) groups is 1. The first-order valence-corrected chi connectivity index (χ1v) is 8.93. The maximum atomic E-state index is 12.8. The van der Waals surface area contributed by atoms with E-state index in [1.807, 2.05) is 29.2 Å². The van der Waals surface area contributed by atoms with Crippen molar-refractivity contribution in [2.24, 2.45) is 0 Å². The molecule has 0 heterocycles. The molecule has 0 saturated heterocycles. The van der Waals surface area contributed by atoms with Crippen LogP contribution in [0.2, 0.25) is 0 Å². The summed E-state index contributed by atoms with van der Waals surface area (Å²) >= 11 is 0.482. The van der Waals surface area contributed by atoms with Crippen LogP contribution in [0.15, 0.2) is 53.4 Å². The minimum absolute atomic E-state index is 0.0630. The van der Waals surface area contributed by atoms with Gasteiger partial charge in [0.1, 0.15) is 5.75 Å². The second kappa shape index (κ2) is 7.87. The van der Waals surface area contributed by atoms with Crippen LogP contribution in [0.25, 0.3) is 0 Å². The molecule has 1 saturated carbocycles. The number of amides is 1. The Kier molecular flexibility index (Phi) is 5.58. The van der Waals surface area contributed by atoms with Crippen molar-refractivity contribution in [2.75, 3.05) is 7.11 Å². The van der Waals surface area contributed by atoms with Crippen LogP contribution >= 0.6 is 11.8 Å². The number of thioether (sulfide) groups is 1. The van der Waals surface area contributed by atoms with Crippen LogP contribution in [0.3, 0.4) is 0 Å². The van der Waals surface area contributed by atoms with Gasteiger partial charge < -0.3 is 9.64 Å². The lowest BCUT2D eigenvalue weighted by atomic mass is 10.1. The van der Waals surface area contributed by atoms with Gasteiger partial charge in [-0.2, -0.15) is 8.78 Å². The third-order valence-corrected chi connectivity index (χ3v) is 4.81. The number of ether oxygens (including phenoxy) is 1. The summed E-state index contributed by atoms with van der Waals surface area (Å²) in [6.45, 7) is 0.529. The van der Waals surface area contributed by atoms with E-state index in [4.69, 9.17) is 4.74 Å².